The van der Waals surface area contributed by atoms with Gasteiger partial charge in [-0.1, -0.05) is 46.1 Å². The Balaban J connectivity index is 0.00000361. The van der Waals surface area contributed by atoms with Crippen molar-refractivity contribution in [2.75, 3.05) is 0 Å². The first-order valence-corrected chi connectivity index (χ1v) is 8.11. The second-order valence-corrected chi connectivity index (χ2v) is 5.95. The van der Waals surface area contributed by atoms with Gasteiger partial charge in [-0.05, 0) is 23.8 Å². The molecule has 3 nitrogen and oxygen atoms in total. The van der Waals surface area contributed by atoms with Crippen LogP contribution in [-0.4, -0.2) is 11.9 Å². The highest BCUT2D eigenvalue weighted by molar-refractivity contribution is 7.10. The third-order valence-corrected chi connectivity index (χ3v) is 4.56. The molecule has 0 radical (unpaired) electrons. The largest absolute Gasteiger partial charge is 0.347 e. The molecule has 0 aliphatic carbocycles. The number of nitrogens with two attached hydrogens (primary N) is 1. The van der Waals surface area contributed by atoms with E-state index in [0.717, 1.165) is 25.7 Å². The number of carbonyl (C=O) groups excluding carboxylic acids is 1. The Morgan fingerprint density at radius 2 is 2.00 bits per heavy atom. The number of nitrogens with one attached hydrogen (secondary N) is 1. The Bertz CT molecular complexity index is 366. The molecule has 1 heterocycles. The molecule has 0 aromatic carbocycles. The van der Waals surface area contributed by atoms with E-state index in [2.05, 4.69) is 30.6 Å². The normalized spacial score (nSPS) is 13.7. The number of rotatable bonds is 8. The van der Waals surface area contributed by atoms with E-state index in [0.29, 0.717) is 5.92 Å². The van der Waals surface area contributed by atoms with Crippen molar-refractivity contribution in [1.29, 1.82) is 0 Å². The standard InChI is InChI=1S/C15H26N2OS.ClH/c1-4-8-12(16)15(18)17-14(11(5-2)6-3)13-9-7-10-19-13;/h7,9-12,14H,4-6,8,16H2,1-3H3,(H,17,18);1H. The highest BCUT2D eigenvalue weighted by Gasteiger charge is 2.25. The minimum atomic E-state index is -0.387. The van der Waals surface area contributed by atoms with Crippen molar-refractivity contribution in [2.45, 2.75) is 58.5 Å². The molecule has 0 spiro atoms. The number of thiophene rings is 1. The third-order valence-electron chi connectivity index (χ3n) is 3.60. The first-order valence-electron chi connectivity index (χ1n) is 7.23. The van der Waals surface area contributed by atoms with Crippen LogP contribution in [0.2, 0.25) is 0 Å². The van der Waals surface area contributed by atoms with Crippen LogP contribution in [0.25, 0.3) is 0 Å². The van der Waals surface area contributed by atoms with Gasteiger partial charge in [0.15, 0.2) is 0 Å². The highest BCUT2D eigenvalue weighted by atomic mass is 35.5. The fourth-order valence-corrected chi connectivity index (χ4v) is 3.22. The van der Waals surface area contributed by atoms with Gasteiger partial charge in [0.05, 0.1) is 12.1 Å². The Hall–Kier alpha value is -0.580. The molecule has 0 saturated heterocycles. The van der Waals surface area contributed by atoms with Gasteiger partial charge in [-0.15, -0.1) is 23.7 Å². The van der Waals surface area contributed by atoms with E-state index in [1.54, 1.807) is 11.3 Å². The monoisotopic (exact) mass is 318 g/mol. The summed E-state index contributed by atoms with van der Waals surface area (Å²) < 4.78 is 0. The molecular weight excluding hydrogens is 292 g/mol. The molecular formula is C15H27ClN2OS. The summed E-state index contributed by atoms with van der Waals surface area (Å²) in [5, 5.41) is 5.21. The van der Waals surface area contributed by atoms with Crippen molar-refractivity contribution in [2.24, 2.45) is 11.7 Å². The maximum Gasteiger partial charge on any atom is 0.237 e. The maximum atomic E-state index is 12.1. The lowest BCUT2D eigenvalue weighted by atomic mass is 9.92. The van der Waals surface area contributed by atoms with Gasteiger partial charge in [-0.3, -0.25) is 4.79 Å². The summed E-state index contributed by atoms with van der Waals surface area (Å²) in [6.07, 6.45) is 3.79. The van der Waals surface area contributed by atoms with Crippen LogP contribution in [0, 0.1) is 5.92 Å². The van der Waals surface area contributed by atoms with Gasteiger partial charge < -0.3 is 11.1 Å². The zero-order chi connectivity index (χ0) is 14.3. The Morgan fingerprint density at radius 3 is 2.45 bits per heavy atom. The Kier molecular flexibility index (Phi) is 9.90. The van der Waals surface area contributed by atoms with Gasteiger partial charge in [-0.25, -0.2) is 0 Å². The number of hydrogen-bond acceptors (Lipinski definition) is 3. The summed E-state index contributed by atoms with van der Waals surface area (Å²) in [5.74, 6) is 0.448. The van der Waals surface area contributed by atoms with Crippen LogP contribution in [-0.2, 0) is 4.79 Å². The van der Waals surface area contributed by atoms with E-state index in [1.807, 2.05) is 13.0 Å². The predicted molar refractivity (Wildman–Crippen MR) is 89.4 cm³/mol. The van der Waals surface area contributed by atoms with E-state index in [4.69, 9.17) is 5.73 Å². The number of halogens is 1. The molecule has 0 saturated carbocycles. The topological polar surface area (TPSA) is 55.1 Å². The van der Waals surface area contributed by atoms with Gasteiger partial charge in [-0.2, -0.15) is 0 Å². The molecule has 0 aliphatic rings. The fourth-order valence-electron chi connectivity index (χ4n) is 2.35. The van der Waals surface area contributed by atoms with Crippen molar-refractivity contribution in [3.63, 3.8) is 0 Å². The Morgan fingerprint density at radius 1 is 1.35 bits per heavy atom. The van der Waals surface area contributed by atoms with Crippen LogP contribution in [0.15, 0.2) is 17.5 Å². The van der Waals surface area contributed by atoms with Crippen molar-refractivity contribution in [3.8, 4) is 0 Å². The van der Waals surface area contributed by atoms with Crippen molar-refractivity contribution in [1.82, 2.24) is 5.32 Å². The molecule has 1 amide bonds. The predicted octanol–water partition coefficient (Wildman–Crippen LogP) is 3.89. The van der Waals surface area contributed by atoms with E-state index in [9.17, 15) is 4.79 Å². The third kappa shape index (κ3) is 5.43. The second kappa shape index (κ2) is 10.2. The minimum Gasteiger partial charge on any atom is -0.347 e. The molecule has 0 aliphatic heterocycles. The molecule has 5 heteroatoms. The lowest BCUT2D eigenvalue weighted by molar-refractivity contribution is -0.123. The molecule has 1 rings (SSSR count). The van der Waals surface area contributed by atoms with Crippen LogP contribution in [0.1, 0.15) is 57.4 Å². The Labute approximate surface area is 132 Å². The first-order chi connectivity index (χ1) is 9.13. The van der Waals surface area contributed by atoms with E-state index >= 15 is 0 Å². The van der Waals surface area contributed by atoms with Crippen molar-refractivity contribution in [3.05, 3.63) is 22.4 Å². The maximum absolute atomic E-state index is 12.1. The number of hydrogen-bond donors (Lipinski definition) is 2. The minimum absolute atomic E-state index is 0. The summed E-state index contributed by atoms with van der Waals surface area (Å²) in [4.78, 5) is 13.4. The molecule has 116 valence electrons. The molecule has 20 heavy (non-hydrogen) atoms. The van der Waals surface area contributed by atoms with Crippen LogP contribution in [0.4, 0.5) is 0 Å². The average molecular weight is 319 g/mol. The van der Waals surface area contributed by atoms with E-state index < -0.39 is 0 Å². The summed E-state index contributed by atoms with van der Waals surface area (Å²) in [6.45, 7) is 6.39. The van der Waals surface area contributed by atoms with Crippen LogP contribution < -0.4 is 11.1 Å². The van der Waals surface area contributed by atoms with Crippen LogP contribution in [0.3, 0.4) is 0 Å². The van der Waals surface area contributed by atoms with E-state index in [-0.39, 0.29) is 30.4 Å². The zero-order valence-electron chi connectivity index (χ0n) is 12.6. The van der Waals surface area contributed by atoms with Gasteiger partial charge >= 0.3 is 0 Å². The first kappa shape index (κ1) is 19.4. The van der Waals surface area contributed by atoms with Gasteiger partial charge in [0.1, 0.15) is 0 Å². The van der Waals surface area contributed by atoms with Gasteiger partial charge in [0.25, 0.3) is 0 Å². The lowest BCUT2D eigenvalue weighted by Gasteiger charge is -2.27. The SMILES string of the molecule is CCCC(N)C(=O)NC(c1cccs1)C(CC)CC.Cl. The molecule has 1 aromatic rings. The second-order valence-electron chi connectivity index (χ2n) is 4.97. The summed E-state index contributed by atoms with van der Waals surface area (Å²) >= 11 is 1.70. The van der Waals surface area contributed by atoms with Crippen LogP contribution in [0.5, 0.6) is 0 Å². The van der Waals surface area contributed by atoms with Gasteiger partial charge in [0, 0.05) is 4.88 Å². The molecule has 3 N–H and O–H groups in total. The van der Waals surface area contributed by atoms with Crippen LogP contribution >= 0.6 is 23.7 Å². The molecule has 2 atom stereocenters. The van der Waals surface area contributed by atoms with E-state index in [1.165, 1.54) is 4.88 Å². The zero-order valence-corrected chi connectivity index (χ0v) is 14.2. The smallest absolute Gasteiger partial charge is 0.237 e. The number of amides is 1. The molecule has 0 bridgehead atoms. The quantitative estimate of drug-likeness (QED) is 0.764. The summed E-state index contributed by atoms with van der Waals surface area (Å²) in [7, 11) is 0. The molecule has 0 fully saturated rings. The summed E-state index contributed by atoms with van der Waals surface area (Å²) in [5.41, 5.74) is 5.90. The lowest BCUT2D eigenvalue weighted by Crippen LogP contribution is -2.43. The number of carbonyl (C=O) groups is 1. The van der Waals surface area contributed by atoms with Crippen molar-refractivity contribution < 1.29 is 4.79 Å². The average Bonchev–Trinajstić information content (AvgIpc) is 2.92. The summed E-state index contributed by atoms with van der Waals surface area (Å²) in [6, 6.07) is 3.85. The van der Waals surface area contributed by atoms with Gasteiger partial charge in [0.2, 0.25) is 5.91 Å². The highest BCUT2D eigenvalue weighted by Crippen LogP contribution is 2.30. The van der Waals surface area contributed by atoms with Crippen molar-refractivity contribution >= 4 is 29.7 Å². The fraction of sp³-hybridized carbons (Fsp3) is 0.667. The molecule has 2 unspecified atom stereocenters. The molecule has 1 aromatic heterocycles.